The normalized spacial score (nSPS) is 13.1. The average molecular weight is 475 g/mol. The molecule has 0 radical (unpaired) electrons. The quantitative estimate of drug-likeness (QED) is 0.409. The highest BCUT2D eigenvalue weighted by Crippen LogP contribution is 2.35. The van der Waals surface area contributed by atoms with Gasteiger partial charge in [0, 0.05) is 12.1 Å². The van der Waals surface area contributed by atoms with Crippen molar-refractivity contribution >= 4 is 33.4 Å². The predicted octanol–water partition coefficient (Wildman–Crippen LogP) is 3.98. The lowest BCUT2D eigenvalue weighted by atomic mass is 10.0. The molecular weight excluding hydrogens is 452 g/mol. The van der Waals surface area contributed by atoms with Crippen LogP contribution in [-0.4, -0.2) is 36.8 Å². The summed E-state index contributed by atoms with van der Waals surface area (Å²) in [5, 5.41) is 0. The molecule has 5 rings (SSSR count). The molecule has 1 aliphatic heterocycles. The maximum absolute atomic E-state index is 12.8. The Labute approximate surface area is 199 Å². The van der Waals surface area contributed by atoms with E-state index in [9.17, 15) is 9.59 Å². The average Bonchev–Trinajstić information content (AvgIpc) is 3.18. The second-order valence-electron chi connectivity index (χ2n) is 7.76. The number of nitrogens with zero attached hydrogens (tertiary/aromatic N) is 2. The number of esters is 1. The Morgan fingerprint density at radius 1 is 0.971 bits per heavy atom. The summed E-state index contributed by atoms with van der Waals surface area (Å²) < 4.78 is 18.7. The standard InChI is InChI=1S/C26H22N2O5S/c1-31-25(30)16-28-20-14-21-22(33-12-11-32-21)15-23(20)34-26(28)27-24(29)13-17-7-9-19(10-8-17)18-5-3-2-4-6-18/h2-10,14-15H,11-13,16H2,1H3. The van der Waals surface area contributed by atoms with Crippen LogP contribution in [0.5, 0.6) is 11.5 Å². The predicted molar refractivity (Wildman–Crippen MR) is 129 cm³/mol. The Hall–Kier alpha value is -3.91. The number of methoxy groups -OCH3 is 1. The fourth-order valence-electron chi connectivity index (χ4n) is 3.80. The van der Waals surface area contributed by atoms with Crippen molar-refractivity contribution < 1.29 is 23.8 Å². The second-order valence-corrected chi connectivity index (χ2v) is 8.76. The smallest absolute Gasteiger partial charge is 0.325 e. The van der Waals surface area contributed by atoms with Gasteiger partial charge in [-0.05, 0) is 16.7 Å². The van der Waals surface area contributed by atoms with Crippen LogP contribution in [0.4, 0.5) is 0 Å². The monoisotopic (exact) mass is 474 g/mol. The zero-order valence-electron chi connectivity index (χ0n) is 18.5. The first kappa shape index (κ1) is 21.9. The summed E-state index contributed by atoms with van der Waals surface area (Å²) in [7, 11) is 1.33. The van der Waals surface area contributed by atoms with Gasteiger partial charge in [-0.15, -0.1) is 0 Å². The minimum Gasteiger partial charge on any atom is -0.486 e. The molecule has 0 bridgehead atoms. The molecule has 0 spiro atoms. The van der Waals surface area contributed by atoms with Crippen LogP contribution < -0.4 is 14.3 Å². The number of rotatable bonds is 5. The van der Waals surface area contributed by atoms with Gasteiger partial charge in [-0.2, -0.15) is 4.99 Å². The number of thiazole rings is 1. The van der Waals surface area contributed by atoms with Gasteiger partial charge in [0.05, 0.1) is 23.7 Å². The summed E-state index contributed by atoms with van der Waals surface area (Å²) in [6.45, 7) is 0.872. The van der Waals surface area contributed by atoms with E-state index in [4.69, 9.17) is 14.2 Å². The molecule has 0 saturated carbocycles. The molecule has 0 saturated heterocycles. The van der Waals surface area contributed by atoms with Gasteiger partial charge in [-0.25, -0.2) is 0 Å². The van der Waals surface area contributed by atoms with Crippen LogP contribution in [0.3, 0.4) is 0 Å². The third-order valence-corrected chi connectivity index (χ3v) is 6.54. The number of benzene rings is 3. The van der Waals surface area contributed by atoms with Crippen molar-refractivity contribution in [2.45, 2.75) is 13.0 Å². The number of ether oxygens (including phenoxy) is 3. The fourth-order valence-corrected chi connectivity index (χ4v) is 4.86. The highest BCUT2D eigenvalue weighted by molar-refractivity contribution is 7.16. The number of hydrogen-bond acceptors (Lipinski definition) is 6. The third kappa shape index (κ3) is 4.58. The van der Waals surface area contributed by atoms with E-state index in [1.54, 1.807) is 4.57 Å². The van der Waals surface area contributed by atoms with Gasteiger partial charge in [-0.3, -0.25) is 9.59 Å². The molecule has 7 nitrogen and oxygen atoms in total. The van der Waals surface area contributed by atoms with Gasteiger partial charge in [0.25, 0.3) is 5.91 Å². The van der Waals surface area contributed by atoms with E-state index in [1.807, 2.05) is 66.7 Å². The van der Waals surface area contributed by atoms with Crippen molar-refractivity contribution in [2.24, 2.45) is 4.99 Å². The molecule has 8 heteroatoms. The molecule has 0 unspecified atom stereocenters. The minimum atomic E-state index is -0.431. The Balaban J connectivity index is 1.45. The van der Waals surface area contributed by atoms with Crippen LogP contribution >= 0.6 is 11.3 Å². The molecule has 0 N–H and O–H groups in total. The minimum absolute atomic E-state index is 0.0615. The zero-order valence-corrected chi connectivity index (χ0v) is 19.3. The Kier molecular flexibility index (Phi) is 6.14. The van der Waals surface area contributed by atoms with E-state index in [0.717, 1.165) is 26.9 Å². The van der Waals surface area contributed by atoms with Crippen LogP contribution in [0.15, 0.2) is 71.7 Å². The van der Waals surface area contributed by atoms with E-state index < -0.39 is 5.97 Å². The van der Waals surface area contributed by atoms with Crippen molar-refractivity contribution in [3.05, 3.63) is 77.1 Å². The summed E-state index contributed by atoms with van der Waals surface area (Å²) in [6.07, 6.45) is 0.157. The van der Waals surface area contributed by atoms with Gasteiger partial charge >= 0.3 is 5.97 Å². The topological polar surface area (TPSA) is 79.1 Å². The SMILES string of the molecule is COC(=O)Cn1c(=NC(=O)Cc2ccc(-c3ccccc3)cc2)sc2cc3c(cc21)OCCO3. The van der Waals surface area contributed by atoms with Crippen molar-refractivity contribution in [3.8, 4) is 22.6 Å². The largest absolute Gasteiger partial charge is 0.486 e. The number of aromatic nitrogens is 1. The number of carbonyl (C=O) groups excluding carboxylic acids is 2. The summed E-state index contributed by atoms with van der Waals surface area (Å²) in [5.74, 6) is 0.517. The molecule has 0 atom stereocenters. The Morgan fingerprint density at radius 2 is 1.65 bits per heavy atom. The Bertz CT molecular complexity index is 1420. The molecule has 1 aliphatic rings. The van der Waals surface area contributed by atoms with Gasteiger partial charge in [0.15, 0.2) is 16.3 Å². The number of carbonyl (C=O) groups is 2. The molecule has 4 aromatic rings. The van der Waals surface area contributed by atoms with Gasteiger partial charge in [0.2, 0.25) is 0 Å². The van der Waals surface area contributed by atoms with E-state index in [1.165, 1.54) is 18.4 Å². The Morgan fingerprint density at radius 3 is 2.35 bits per heavy atom. The van der Waals surface area contributed by atoms with Crippen molar-refractivity contribution in [1.82, 2.24) is 4.57 Å². The number of hydrogen-bond donors (Lipinski definition) is 0. The van der Waals surface area contributed by atoms with Crippen molar-refractivity contribution in [1.29, 1.82) is 0 Å². The van der Waals surface area contributed by atoms with Crippen LogP contribution in [0, 0.1) is 0 Å². The van der Waals surface area contributed by atoms with Gasteiger partial charge in [-0.1, -0.05) is 65.9 Å². The summed E-state index contributed by atoms with van der Waals surface area (Å²) in [4.78, 5) is 29.7. The van der Waals surface area contributed by atoms with Crippen LogP contribution in [0.2, 0.25) is 0 Å². The van der Waals surface area contributed by atoms with E-state index in [0.29, 0.717) is 29.5 Å². The van der Waals surface area contributed by atoms with E-state index in [-0.39, 0.29) is 18.9 Å². The molecular formula is C26H22N2O5S. The molecule has 172 valence electrons. The van der Waals surface area contributed by atoms with Crippen LogP contribution in [0.1, 0.15) is 5.56 Å². The lowest BCUT2D eigenvalue weighted by molar-refractivity contribution is -0.141. The molecule has 2 heterocycles. The fraction of sp³-hybridized carbons (Fsp3) is 0.192. The highest BCUT2D eigenvalue weighted by atomic mass is 32.1. The van der Waals surface area contributed by atoms with Gasteiger partial charge < -0.3 is 18.8 Å². The molecule has 0 aliphatic carbocycles. The second kappa shape index (κ2) is 9.52. The van der Waals surface area contributed by atoms with Gasteiger partial charge in [0.1, 0.15) is 19.8 Å². The molecule has 3 aromatic carbocycles. The van der Waals surface area contributed by atoms with E-state index in [2.05, 4.69) is 4.99 Å². The first-order chi connectivity index (χ1) is 16.6. The van der Waals surface area contributed by atoms with Crippen molar-refractivity contribution in [2.75, 3.05) is 20.3 Å². The highest BCUT2D eigenvalue weighted by Gasteiger charge is 2.18. The molecule has 34 heavy (non-hydrogen) atoms. The number of fused-ring (bicyclic) bond motifs is 2. The first-order valence-electron chi connectivity index (χ1n) is 10.8. The third-order valence-electron chi connectivity index (χ3n) is 5.50. The van der Waals surface area contributed by atoms with Crippen LogP contribution in [-0.2, 0) is 27.3 Å². The number of amides is 1. The molecule has 0 fully saturated rings. The zero-order chi connectivity index (χ0) is 23.5. The first-order valence-corrected chi connectivity index (χ1v) is 11.6. The maximum atomic E-state index is 12.8. The summed E-state index contributed by atoms with van der Waals surface area (Å²) in [5.41, 5.74) is 3.81. The van der Waals surface area contributed by atoms with Crippen molar-refractivity contribution in [3.63, 3.8) is 0 Å². The van der Waals surface area contributed by atoms with E-state index >= 15 is 0 Å². The lowest BCUT2D eigenvalue weighted by Crippen LogP contribution is -2.23. The molecule has 1 amide bonds. The molecule has 1 aromatic heterocycles. The lowest BCUT2D eigenvalue weighted by Gasteiger charge is -2.18. The summed E-state index contributed by atoms with van der Waals surface area (Å²) in [6, 6.07) is 21.6. The van der Waals surface area contributed by atoms with Crippen LogP contribution in [0.25, 0.3) is 21.3 Å². The maximum Gasteiger partial charge on any atom is 0.325 e. The summed E-state index contributed by atoms with van der Waals surface area (Å²) >= 11 is 1.32.